The van der Waals surface area contributed by atoms with Crippen LogP contribution in [0.15, 0.2) is 42.6 Å². The van der Waals surface area contributed by atoms with Crippen LogP contribution in [0.1, 0.15) is 5.56 Å². The number of anilines is 1. The van der Waals surface area contributed by atoms with Crippen molar-refractivity contribution in [2.24, 2.45) is 24.8 Å². The van der Waals surface area contributed by atoms with Gasteiger partial charge in [-0.1, -0.05) is 18.2 Å². The normalized spacial score (nSPS) is 20.4. The van der Waals surface area contributed by atoms with E-state index in [1.807, 2.05) is 25.1 Å². The first kappa shape index (κ1) is 22.8. The van der Waals surface area contributed by atoms with Crippen molar-refractivity contribution in [3.05, 3.63) is 65.7 Å². The highest BCUT2D eigenvalue weighted by Gasteiger charge is 2.60. The summed E-state index contributed by atoms with van der Waals surface area (Å²) in [6, 6.07) is 9.85. The minimum Gasteiger partial charge on any atom is -0.481 e. The Kier molecular flexibility index (Phi) is 4.67. The number of benzene rings is 2. The summed E-state index contributed by atoms with van der Waals surface area (Å²) in [5, 5.41) is 18.2. The summed E-state index contributed by atoms with van der Waals surface area (Å²) in [6.07, 6.45) is 1.65. The summed E-state index contributed by atoms with van der Waals surface area (Å²) < 4.78 is 47.3. The number of aliphatic carboxylic acids is 1. The van der Waals surface area contributed by atoms with Gasteiger partial charge in [-0.15, -0.1) is 0 Å². The number of aromatic nitrogens is 5. The third-order valence-corrected chi connectivity index (χ3v) is 7.87. The first-order valence-corrected chi connectivity index (χ1v) is 12.2. The number of carboxylic acid groups (broad SMARTS) is 1. The lowest BCUT2D eigenvalue weighted by molar-refractivity contribution is -0.139. The van der Waals surface area contributed by atoms with Crippen LogP contribution in [0.4, 0.5) is 19.0 Å². The van der Waals surface area contributed by atoms with Crippen molar-refractivity contribution < 1.29 is 23.1 Å². The van der Waals surface area contributed by atoms with Gasteiger partial charge >= 0.3 is 5.97 Å². The molecule has 0 bridgehead atoms. The van der Waals surface area contributed by atoms with Gasteiger partial charge in [-0.3, -0.25) is 4.79 Å². The van der Waals surface area contributed by atoms with Gasteiger partial charge in [0.05, 0.1) is 34.3 Å². The van der Waals surface area contributed by atoms with E-state index in [0.29, 0.717) is 35.7 Å². The molecule has 2 aromatic carbocycles. The van der Waals surface area contributed by atoms with Crippen LogP contribution >= 0.6 is 0 Å². The maximum atomic E-state index is 15.3. The van der Waals surface area contributed by atoms with Gasteiger partial charge < -0.3 is 10.0 Å². The molecule has 1 unspecified atom stereocenters. The van der Waals surface area contributed by atoms with Gasteiger partial charge in [-0.05, 0) is 36.5 Å². The van der Waals surface area contributed by atoms with Crippen molar-refractivity contribution in [1.82, 2.24) is 24.5 Å². The van der Waals surface area contributed by atoms with Gasteiger partial charge in [-0.25, -0.2) is 23.1 Å². The van der Waals surface area contributed by atoms with Crippen molar-refractivity contribution in [1.29, 1.82) is 0 Å². The largest absolute Gasteiger partial charge is 0.481 e. The van der Waals surface area contributed by atoms with Crippen LogP contribution in [-0.2, 0) is 11.8 Å². The number of aryl methyl sites for hydroxylation is 2. The van der Waals surface area contributed by atoms with Gasteiger partial charge in [0.25, 0.3) is 0 Å². The Morgan fingerprint density at radius 2 is 1.82 bits per heavy atom. The number of piperidine rings is 1. The first-order chi connectivity index (χ1) is 18.2. The molecule has 1 N–H and O–H groups in total. The standard InChI is InChI=1S/C27H21F3N6O2/c1-12-4-3-5-14-23(21-17(28)8-18(29)24-22(21)26(30)34(2)32-24)33-36(25(12)14)13-6-7-19(31-9-13)35-10-15-16(11-35)20(15)27(37)38/h3-9,15-16,20H,10-11H2,1-2H3,(H,37,38)/t15-,16+,20?. The lowest BCUT2D eigenvalue weighted by Gasteiger charge is -2.20. The second-order valence-electron chi connectivity index (χ2n) is 10.1. The number of halogens is 3. The van der Waals surface area contributed by atoms with E-state index < -0.39 is 23.6 Å². The fraction of sp³-hybridized carbons (Fsp3) is 0.259. The fourth-order valence-electron chi connectivity index (χ4n) is 5.97. The topological polar surface area (TPSA) is 89.1 Å². The van der Waals surface area contributed by atoms with Gasteiger partial charge in [-0.2, -0.15) is 14.6 Å². The minimum absolute atomic E-state index is 0.157. The Morgan fingerprint density at radius 1 is 1.05 bits per heavy atom. The van der Waals surface area contributed by atoms with Crippen molar-refractivity contribution in [3.63, 3.8) is 0 Å². The SMILES string of the molecule is Cc1cccc2c(-c3c(F)cc(F)c4nn(C)c(F)c34)nn(-c3ccc(N4C[C@@H]5C(C(=O)O)[C@@H]5C4)nc3)c12. The van der Waals surface area contributed by atoms with E-state index in [2.05, 4.69) is 20.1 Å². The molecule has 2 fully saturated rings. The Bertz CT molecular complexity index is 1780. The number of hydrogen-bond donors (Lipinski definition) is 1. The van der Waals surface area contributed by atoms with E-state index in [1.165, 1.54) is 7.05 Å². The molecule has 2 aliphatic rings. The molecule has 1 aliphatic heterocycles. The average molecular weight is 518 g/mol. The smallest absolute Gasteiger partial charge is 0.307 e. The maximum absolute atomic E-state index is 15.3. The maximum Gasteiger partial charge on any atom is 0.307 e. The molecule has 1 aliphatic carbocycles. The van der Waals surface area contributed by atoms with E-state index in [1.54, 1.807) is 23.0 Å². The molecule has 8 nitrogen and oxygen atoms in total. The number of fused-ring (bicyclic) bond motifs is 3. The molecule has 0 radical (unpaired) electrons. The predicted octanol–water partition coefficient (Wildman–Crippen LogP) is 4.47. The number of pyridine rings is 1. The Labute approximate surface area is 213 Å². The van der Waals surface area contributed by atoms with Crippen molar-refractivity contribution in [3.8, 4) is 16.9 Å². The molecule has 192 valence electrons. The van der Waals surface area contributed by atoms with Crippen molar-refractivity contribution in [2.75, 3.05) is 18.0 Å². The number of rotatable bonds is 4. The number of carbonyl (C=O) groups is 1. The average Bonchev–Trinajstić information content (AvgIpc) is 3.16. The zero-order valence-corrected chi connectivity index (χ0v) is 20.4. The summed E-state index contributed by atoms with van der Waals surface area (Å²) in [5.74, 6) is -2.68. The van der Waals surface area contributed by atoms with E-state index in [0.717, 1.165) is 16.1 Å². The van der Waals surface area contributed by atoms with Crippen molar-refractivity contribution in [2.45, 2.75) is 6.92 Å². The van der Waals surface area contributed by atoms with Crippen molar-refractivity contribution >= 4 is 33.6 Å². The number of carboxylic acids is 1. The summed E-state index contributed by atoms with van der Waals surface area (Å²) in [4.78, 5) is 18.0. The van der Waals surface area contributed by atoms with E-state index in [-0.39, 0.29) is 39.9 Å². The molecule has 7 rings (SSSR count). The molecule has 3 atom stereocenters. The quantitative estimate of drug-likeness (QED) is 0.378. The second-order valence-corrected chi connectivity index (χ2v) is 10.1. The number of para-hydroxylation sites is 1. The van der Waals surface area contributed by atoms with Gasteiger partial charge in [0.2, 0.25) is 5.95 Å². The molecule has 4 heterocycles. The Hall–Kier alpha value is -4.41. The predicted molar refractivity (Wildman–Crippen MR) is 134 cm³/mol. The molecule has 0 spiro atoms. The zero-order chi connectivity index (χ0) is 26.5. The molecule has 3 aromatic heterocycles. The van der Waals surface area contributed by atoms with E-state index in [4.69, 9.17) is 0 Å². The van der Waals surface area contributed by atoms with E-state index in [9.17, 15) is 14.3 Å². The minimum atomic E-state index is -0.949. The summed E-state index contributed by atoms with van der Waals surface area (Å²) >= 11 is 0. The first-order valence-electron chi connectivity index (χ1n) is 12.2. The van der Waals surface area contributed by atoms with Gasteiger partial charge in [0, 0.05) is 31.6 Å². The molecular weight excluding hydrogens is 497 g/mol. The summed E-state index contributed by atoms with van der Waals surface area (Å²) in [7, 11) is 1.33. The molecular formula is C27H21F3N6O2. The van der Waals surface area contributed by atoms with Crippen LogP contribution in [0.3, 0.4) is 0 Å². The lowest BCUT2D eigenvalue weighted by atomic mass is 10.0. The van der Waals surface area contributed by atoms with Crippen LogP contribution in [0.25, 0.3) is 38.8 Å². The zero-order valence-electron chi connectivity index (χ0n) is 20.4. The second kappa shape index (κ2) is 7.80. The van der Waals surface area contributed by atoms with Crippen LogP contribution in [0.2, 0.25) is 0 Å². The highest BCUT2D eigenvalue weighted by molar-refractivity contribution is 6.04. The Morgan fingerprint density at radius 3 is 2.50 bits per heavy atom. The fourth-order valence-corrected chi connectivity index (χ4v) is 5.97. The third-order valence-electron chi connectivity index (χ3n) is 7.87. The highest BCUT2D eigenvalue weighted by atomic mass is 19.1. The summed E-state index contributed by atoms with van der Waals surface area (Å²) in [6.45, 7) is 3.19. The number of hydrogen-bond acceptors (Lipinski definition) is 5. The monoisotopic (exact) mass is 518 g/mol. The Balaban J connectivity index is 1.34. The van der Waals surface area contributed by atoms with Crippen LogP contribution in [0, 0.1) is 42.3 Å². The number of nitrogens with zero attached hydrogens (tertiary/aromatic N) is 6. The molecule has 0 amide bonds. The molecule has 1 saturated heterocycles. The third kappa shape index (κ3) is 3.10. The van der Waals surface area contributed by atoms with Crippen LogP contribution < -0.4 is 4.90 Å². The van der Waals surface area contributed by atoms with Crippen LogP contribution in [-0.4, -0.2) is 48.7 Å². The molecule has 1 saturated carbocycles. The van der Waals surface area contributed by atoms with E-state index >= 15 is 8.78 Å². The lowest BCUT2D eigenvalue weighted by Crippen LogP contribution is -2.26. The van der Waals surface area contributed by atoms with Gasteiger partial charge in [0.15, 0.2) is 5.82 Å². The highest BCUT2D eigenvalue weighted by Crippen LogP contribution is 2.52. The van der Waals surface area contributed by atoms with Gasteiger partial charge in [0.1, 0.15) is 22.8 Å². The molecule has 5 aromatic rings. The molecule has 11 heteroatoms. The summed E-state index contributed by atoms with van der Waals surface area (Å²) in [5.41, 5.74) is 1.89. The molecule has 38 heavy (non-hydrogen) atoms. The van der Waals surface area contributed by atoms with Crippen LogP contribution in [0.5, 0.6) is 0 Å².